The van der Waals surface area contributed by atoms with Crippen molar-refractivity contribution < 1.29 is 13.3 Å². The van der Waals surface area contributed by atoms with E-state index in [1.807, 2.05) is 12.1 Å². The van der Waals surface area contributed by atoms with E-state index in [4.69, 9.17) is 11.6 Å². The number of hydrogen-bond acceptors (Lipinski definition) is 5. The molecule has 3 rings (SSSR count). The molecule has 2 aromatic carbocycles. The van der Waals surface area contributed by atoms with Crippen molar-refractivity contribution in [2.75, 3.05) is 4.72 Å². The quantitative estimate of drug-likeness (QED) is 0.511. The van der Waals surface area contributed by atoms with Crippen LogP contribution >= 0.6 is 11.6 Å². The van der Waals surface area contributed by atoms with Crippen LogP contribution in [0.5, 0.6) is 0 Å². The van der Waals surface area contributed by atoms with E-state index in [0.29, 0.717) is 11.6 Å². The van der Waals surface area contributed by atoms with Gasteiger partial charge in [-0.3, -0.25) is 19.5 Å². The largest absolute Gasteiger partial charge is 0.289 e. The zero-order valence-electron chi connectivity index (χ0n) is 13.2. The van der Waals surface area contributed by atoms with Gasteiger partial charge in [0, 0.05) is 23.4 Å². The summed E-state index contributed by atoms with van der Waals surface area (Å²) in [6.07, 6.45) is 1.58. The summed E-state index contributed by atoms with van der Waals surface area (Å²) in [4.78, 5) is 9.87. The second kappa shape index (κ2) is 7.14. The molecule has 1 aromatic heterocycles. The van der Waals surface area contributed by atoms with Gasteiger partial charge in [-0.05, 0) is 17.7 Å². The van der Waals surface area contributed by atoms with E-state index in [2.05, 4.69) is 9.82 Å². The van der Waals surface area contributed by atoms with E-state index in [0.717, 1.165) is 11.6 Å². The number of nitro groups is 1. The second-order valence-electron chi connectivity index (χ2n) is 5.32. The number of nitro benzene ring substituents is 1. The molecule has 0 aliphatic rings. The molecule has 0 aliphatic heterocycles. The van der Waals surface area contributed by atoms with Crippen LogP contribution in [0, 0.1) is 10.1 Å². The first-order valence-corrected chi connectivity index (χ1v) is 9.26. The summed E-state index contributed by atoms with van der Waals surface area (Å²) in [6, 6.07) is 13.8. The lowest BCUT2D eigenvalue weighted by Gasteiger charge is -2.06. The van der Waals surface area contributed by atoms with Crippen molar-refractivity contribution in [3.8, 4) is 0 Å². The lowest BCUT2D eigenvalue weighted by molar-refractivity contribution is -0.387. The summed E-state index contributed by atoms with van der Waals surface area (Å²) in [5, 5.41) is 15.7. The molecule has 0 spiro atoms. The molecule has 8 nitrogen and oxygen atoms in total. The highest BCUT2D eigenvalue weighted by Gasteiger charge is 2.25. The Labute approximate surface area is 154 Å². The SMILES string of the molecule is O=[N+]([O-])c1ccccc1S(=O)(=O)Nc1ccn(Cc2ccccc2Cl)n1. The molecule has 0 radical (unpaired) electrons. The van der Waals surface area contributed by atoms with Crippen LogP contribution in [-0.4, -0.2) is 23.1 Å². The first-order valence-electron chi connectivity index (χ1n) is 7.40. The molecule has 0 atom stereocenters. The Morgan fingerprint density at radius 2 is 1.81 bits per heavy atom. The molecule has 1 heterocycles. The summed E-state index contributed by atoms with van der Waals surface area (Å²) in [6.45, 7) is 0.354. The number of aromatic nitrogens is 2. The van der Waals surface area contributed by atoms with Crippen molar-refractivity contribution in [1.82, 2.24) is 9.78 Å². The van der Waals surface area contributed by atoms with Crippen LogP contribution in [0.2, 0.25) is 5.02 Å². The fourth-order valence-electron chi connectivity index (χ4n) is 2.33. The van der Waals surface area contributed by atoms with Crippen molar-refractivity contribution in [2.45, 2.75) is 11.4 Å². The maximum Gasteiger partial charge on any atom is 0.289 e. The minimum atomic E-state index is -4.15. The van der Waals surface area contributed by atoms with Gasteiger partial charge in [0.2, 0.25) is 0 Å². The Bertz CT molecular complexity index is 1070. The van der Waals surface area contributed by atoms with Gasteiger partial charge in [-0.15, -0.1) is 0 Å². The number of anilines is 1. The average molecular weight is 393 g/mol. The van der Waals surface area contributed by atoms with E-state index in [9.17, 15) is 18.5 Å². The van der Waals surface area contributed by atoms with Gasteiger partial charge in [0.25, 0.3) is 15.7 Å². The highest BCUT2D eigenvalue weighted by atomic mass is 35.5. The Balaban J connectivity index is 1.83. The van der Waals surface area contributed by atoms with Crippen LogP contribution in [0.1, 0.15) is 5.56 Å². The van der Waals surface area contributed by atoms with Crippen molar-refractivity contribution in [2.24, 2.45) is 0 Å². The molecule has 0 fully saturated rings. The van der Waals surface area contributed by atoms with Crippen LogP contribution in [0.3, 0.4) is 0 Å². The number of hydrogen-bond donors (Lipinski definition) is 1. The summed E-state index contributed by atoms with van der Waals surface area (Å²) in [5.74, 6) is 0.0511. The predicted molar refractivity (Wildman–Crippen MR) is 96.7 cm³/mol. The third-order valence-electron chi connectivity index (χ3n) is 3.52. The van der Waals surface area contributed by atoms with E-state index < -0.39 is 25.5 Å². The lowest BCUT2D eigenvalue weighted by Crippen LogP contribution is -2.15. The van der Waals surface area contributed by atoms with Crippen molar-refractivity contribution in [3.63, 3.8) is 0 Å². The van der Waals surface area contributed by atoms with Gasteiger partial charge in [-0.2, -0.15) is 5.10 Å². The zero-order chi connectivity index (χ0) is 18.7. The summed E-state index contributed by atoms with van der Waals surface area (Å²) >= 11 is 6.10. The molecule has 0 saturated heterocycles. The van der Waals surface area contributed by atoms with Crippen LogP contribution in [-0.2, 0) is 16.6 Å². The fourth-order valence-corrected chi connectivity index (χ4v) is 3.70. The number of halogens is 1. The number of nitrogens with one attached hydrogen (secondary N) is 1. The molecule has 0 aliphatic carbocycles. The fraction of sp³-hybridized carbons (Fsp3) is 0.0625. The summed E-state index contributed by atoms with van der Waals surface area (Å²) < 4.78 is 28.7. The highest BCUT2D eigenvalue weighted by Crippen LogP contribution is 2.25. The monoisotopic (exact) mass is 392 g/mol. The standard InChI is InChI=1S/C16H13ClN4O4S/c17-13-6-2-1-5-12(13)11-20-10-9-16(18-20)19-26(24,25)15-8-4-3-7-14(15)21(22)23/h1-10H,11H2,(H,18,19). The second-order valence-corrected chi connectivity index (χ2v) is 7.38. The van der Waals surface area contributed by atoms with Crippen molar-refractivity contribution >= 4 is 33.1 Å². The Morgan fingerprint density at radius 1 is 1.12 bits per heavy atom. The first-order chi connectivity index (χ1) is 12.4. The maximum atomic E-state index is 12.5. The lowest BCUT2D eigenvalue weighted by atomic mass is 10.2. The van der Waals surface area contributed by atoms with E-state index in [-0.39, 0.29) is 5.82 Å². The van der Waals surface area contributed by atoms with Gasteiger partial charge >= 0.3 is 0 Å². The van der Waals surface area contributed by atoms with E-state index in [1.165, 1.54) is 28.9 Å². The molecule has 10 heteroatoms. The van der Waals surface area contributed by atoms with Crippen LogP contribution in [0.15, 0.2) is 65.7 Å². The van der Waals surface area contributed by atoms with Crippen LogP contribution in [0.25, 0.3) is 0 Å². The first kappa shape index (κ1) is 17.9. The van der Waals surface area contributed by atoms with Gasteiger partial charge in [0.15, 0.2) is 10.7 Å². The number of rotatable bonds is 6. The smallest absolute Gasteiger partial charge is 0.266 e. The number of benzene rings is 2. The van der Waals surface area contributed by atoms with E-state index >= 15 is 0 Å². The molecule has 0 saturated carbocycles. The van der Waals surface area contributed by atoms with E-state index in [1.54, 1.807) is 18.3 Å². The van der Waals surface area contributed by atoms with Crippen LogP contribution < -0.4 is 4.72 Å². The van der Waals surface area contributed by atoms with Gasteiger partial charge in [0.05, 0.1) is 11.5 Å². The Morgan fingerprint density at radius 3 is 2.54 bits per heavy atom. The molecule has 3 aromatic rings. The normalized spacial score (nSPS) is 11.3. The van der Waals surface area contributed by atoms with Gasteiger partial charge in [-0.25, -0.2) is 8.42 Å². The Kier molecular flexibility index (Phi) is 4.92. The van der Waals surface area contributed by atoms with Gasteiger partial charge in [0.1, 0.15) is 0 Å². The van der Waals surface area contributed by atoms with Crippen molar-refractivity contribution in [1.29, 1.82) is 0 Å². The summed E-state index contributed by atoms with van der Waals surface area (Å²) in [5.41, 5.74) is 0.320. The molecule has 0 unspecified atom stereocenters. The molecule has 1 N–H and O–H groups in total. The number of sulfonamides is 1. The third-order valence-corrected chi connectivity index (χ3v) is 5.29. The van der Waals surface area contributed by atoms with Gasteiger partial charge in [-0.1, -0.05) is 41.9 Å². The maximum absolute atomic E-state index is 12.5. The molecule has 134 valence electrons. The molecular formula is C16H13ClN4O4S. The van der Waals surface area contributed by atoms with Crippen molar-refractivity contribution in [3.05, 3.63) is 81.5 Å². The minimum absolute atomic E-state index is 0.0511. The third kappa shape index (κ3) is 3.84. The summed E-state index contributed by atoms with van der Waals surface area (Å²) in [7, 11) is -4.15. The van der Waals surface area contributed by atoms with Gasteiger partial charge < -0.3 is 0 Å². The number of nitrogens with zero attached hydrogens (tertiary/aromatic N) is 3. The number of para-hydroxylation sites is 1. The zero-order valence-corrected chi connectivity index (χ0v) is 14.8. The average Bonchev–Trinajstić information content (AvgIpc) is 3.03. The molecule has 0 bridgehead atoms. The Hall–Kier alpha value is -2.91. The minimum Gasteiger partial charge on any atom is -0.266 e. The van der Waals surface area contributed by atoms with Crippen LogP contribution in [0.4, 0.5) is 11.5 Å². The predicted octanol–water partition coefficient (Wildman–Crippen LogP) is 3.29. The molecular weight excluding hydrogens is 380 g/mol. The molecule has 26 heavy (non-hydrogen) atoms. The topological polar surface area (TPSA) is 107 Å². The molecule has 0 amide bonds. The highest BCUT2D eigenvalue weighted by molar-refractivity contribution is 7.92.